The van der Waals surface area contributed by atoms with E-state index >= 15 is 0 Å². The summed E-state index contributed by atoms with van der Waals surface area (Å²) >= 11 is 0. The van der Waals surface area contributed by atoms with Gasteiger partial charge in [0.15, 0.2) is 0 Å². The molecule has 0 bridgehead atoms. The van der Waals surface area contributed by atoms with E-state index in [1.807, 2.05) is 4.90 Å². The first kappa shape index (κ1) is 11.9. The van der Waals surface area contributed by atoms with E-state index < -0.39 is 0 Å². The standard InChI is InChI=1S/C12H22N2O2/c1-2-12(5-6-13-9-12)11(16)14-7-3-4-10(14)8-15/h10,13,15H,2-9H2,1H3/t10-,12?/m0/s1. The predicted molar refractivity (Wildman–Crippen MR) is 62.0 cm³/mol. The van der Waals surface area contributed by atoms with Gasteiger partial charge in [-0.2, -0.15) is 0 Å². The van der Waals surface area contributed by atoms with Crippen LogP contribution in [0.1, 0.15) is 32.6 Å². The van der Waals surface area contributed by atoms with Gasteiger partial charge >= 0.3 is 0 Å². The Morgan fingerprint density at radius 3 is 3.00 bits per heavy atom. The Morgan fingerprint density at radius 2 is 2.44 bits per heavy atom. The maximum Gasteiger partial charge on any atom is 0.230 e. The highest BCUT2D eigenvalue weighted by Crippen LogP contribution is 2.34. The molecule has 0 radical (unpaired) electrons. The number of hydrogen-bond donors (Lipinski definition) is 2. The van der Waals surface area contributed by atoms with Gasteiger partial charge in [-0.1, -0.05) is 6.92 Å². The zero-order chi connectivity index (χ0) is 11.6. The molecule has 2 fully saturated rings. The van der Waals surface area contributed by atoms with Crippen LogP contribution in [0.4, 0.5) is 0 Å². The molecule has 4 nitrogen and oxygen atoms in total. The molecule has 1 amide bonds. The summed E-state index contributed by atoms with van der Waals surface area (Å²) in [6, 6.07) is 0.0662. The molecule has 2 rings (SSSR count). The van der Waals surface area contributed by atoms with Crippen molar-refractivity contribution in [3.63, 3.8) is 0 Å². The molecule has 0 aromatic carbocycles. The van der Waals surface area contributed by atoms with Crippen molar-refractivity contribution in [1.29, 1.82) is 0 Å². The van der Waals surface area contributed by atoms with Gasteiger partial charge in [-0.3, -0.25) is 4.79 Å². The number of hydrogen-bond acceptors (Lipinski definition) is 3. The normalized spacial score (nSPS) is 34.6. The van der Waals surface area contributed by atoms with Crippen LogP contribution in [0.3, 0.4) is 0 Å². The number of carbonyl (C=O) groups excluding carboxylic acids is 1. The topological polar surface area (TPSA) is 52.6 Å². The van der Waals surface area contributed by atoms with Crippen molar-refractivity contribution in [1.82, 2.24) is 10.2 Å². The van der Waals surface area contributed by atoms with Gasteiger partial charge in [-0.15, -0.1) is 0 Å². The van der Waals surface area contributed by atoms with Gasteiger partial charge in [-0.25, -0.2) is 0 Å². The van der Waals surface area contributed by atoms with E-state index in [1.165, 1.54) is 0 Å². The Kier molecular flexibility index (Phi) is 3.50. The largest absolute Gasteiger partial charge is 0.394 e. The molecule has 92 valence electrons. The summed E-state index contributed by atoms with van der Waals surface area (Å²) in [6.07, 6.45) is 3.82. The summed E-state index contributed by atoms with van der Waals surface area (Å²) in [6.45, 7) is 4.77. The third kappa shape index (κ3) is 1.84. The molecule has 0 aromatic rings. The first-order valence-electron chi connectivity index (χ1n) is 6.36. The van der Waals surface area contributed by atoms with Crippen molar-refractivity contribution in [2.24, 2.45) is 5.41 Å². The summed E-state index contributed by atoms with van der Waals surface area (Å²) in [7, 11) is 0. The molecule has 2 atom stereocenters. The highest BCUT2D eigenvalue weighted by atomic mass is 16.3. The first-order chi connectivity index (χ1) is 7.73. The second kappa shape index (κ2) is 4.72. The molecular weight excluding hydrogens is 204 g/mol. The second-order valence-corrected chi connectivity index (χ2v) is 5.04. The third-order valence-corrected chi connectivity index (χ3v) is 4.22. The number of nitrogens with one attached hydrogen (secondary N) is 1. The number of nitrogens with zero attached hydrogens (tertiary/aromatic N) is 1. The number of aliphatic hydroxyl groups is 1. The lowest BCUT2D eigenvalue weighted by molar-refractivity contribution is -0.143. The van der Waals surface area contributed by atoms with Gasteiger partial charge in [0.05, 0.1) is 18.1 Å². The zero-order valence-corrected chi connectivity index (χ0v) is 10.0. The van der Waals surface area contributed by atoms with Gasteiger partial charge in [0.2, 0.25) is 5.91 Å². The van der Waals surface area contributed by atoms with Crippen LogP contribution in [0.15, 0.2) is 0 Å². The predicted octanol–water partition coefficient (Wildman–Crippen LogP) is 0.359. The number of amides is 1. The molecular formula is C12H22N2O2. The van der Waals surface area contributed by atoms with Gasteiger partial charge in [0.1, 0.15) is 0 Å². The minimum absolute atomic E-state index is 0.0662. The number of rotatable bonds is 3. The number of carbonyl (C=O) groups is 1. The van der Waals surface area contributed by atoms with Crippen LogP contribution in [0.5, 0.6) is 0 Å². The lowest BCUT2D eigenvalue weighted by atomic mass is 9.82. The smallest absolute Gasteiger partial charge is 0.230 e. The van der Waals surface area contributed by atoms with Crippen molar-refractivity contribution in [2.45, 2.75) is 38.6 Å². The maximum absolute atomic E-state index is 12.5. The van der Waals surface area contributed by atoms with E-state index in [4.69, 9.17) is 0 Å². The average molecular weight is 226 g/mol. The van der Waals surface area contributed by atoms with Crippen molar-refractivity contribution >= 4 is 5.91 Å². The Hall–Kier alpha value is -0.610. The van der Waals surface area contributed by atoms with Crippen molar-refractivity contribution in [3.05, 3.63) is 0 Å². The Morgan fingerprint density at radius 1 is 1.62 bits per heavy atom. The van der Waals surface area contributed by atoms with E-state index in [9.17, 15) is 9.90 Å². The fourth-order valence-electron chi connectivity index (χ4n) is 2.98. The molecule has 4 heteroatoms. The van der Waals surface area contributed by atoms with E-state index in [0.717, 1.165) is 45.3 Å². The molecule has 0 spiro atoms. The fraction of sp³-hybridized carbons (Fsp3) is 0.917. The van der Waals surface area contributed by atoms with Crippen LogP contribution < -0.4 is 5.32 Å². The Labute approximate surface area is 97.0 Å². The van der Waals surface area contributed by atoms with Crippen LogP contribution in [-0.4, -0.2) is 48.2 Å². The van der Waals surface area contributed by atoms with E-state index in [-0.39, 0.29) is 24.0 Å². The van der Waals surface area contributed by atoms with Crippen LogP contribution in [-0.2, 0) is 4.79 Å². The SMILES string of the molecule is CCC1(C(=O)N2CCC[C@H]2CO)CCNC1. The summed E-state index contributed by atoms with van der Waals surface area (Å²) in [4.78, 5) is 14.5. The molecule has 2 aliphatic rings. The minimum Gasteiger partial charge on any atom is -0.394 e. The highest BCUT2D eigenvalue weighted by molar-refractivity contribution is 5.84. The molecule has 2 N–H and O–H groups in total. The fourth-order valence-corrected chi connectivity index (χ4v) is 2.98. The summed E-state index contributed by atoms with van der Waals surface area (Å²) in [5.41, 5.74) is -0.197. The highest BCUT2D eigenvalue weighted by Gasteiger charge is 2.44. The zero-order valence-electron chi connectivity index (χ0n) is 10.0. The molecule has 1 unspecified atom stereocenters. The second-order valence-electron chi connectivity index (χ2n) is 5.04. The van der Waals surface area contributed by atoms with Crippen LogP contribution in [0.25, 0.3) is 0 Å². The Bertz CT molecular complexity index is 262. The minimum atomic E-state index is -0.197. The quantitative estimate of drug-likeness (QED) is 0.730. The Balaban J connectivity index is 2.10. The van der Waals surface area contributed by atoms with E-state index in [1.54, 1.807) is 0 Å². The van der Waals surface area contributed by atoms with Crippen LogP contribution in [0, 0.1) is 5.41 Å². The molecule has 0 saturated carbocycles. The average Bonchev–Trinajstić information content (AvgIpc) is 2.97. The van der Waals surface area contributed by atoms with Crippen molar-refractivity contribution in [2.75, 3.05) is 26.2 Å². The molecule has 2 saturated heterocycles. The van der Waals surface area contributed by atoms with Gasteiger partial charge < -0.3 is 15.3 Å². The molecule has 2 heterocycles. The summed E-state index contributed by atoms with van der Waals surface area (Å²) in [5.74, 6) is 0.261. The van der Waals surface area contributed by atoms with Gasteiger partial charge in [0.25, 0.3) is 0 Å². The molecule has 2 aliphatic heterocycles. The lowest BCUT2D eigenvalue weighted by Crippen LogP contribution is -2.48. The van der Waals surface area contributed by atoms with Crippen LogP contribution in [0.2, 0.25) is 0 Å². The van der Waals surface area contributed by atoms with Gasteiger partial charge in [-0.05, 0) is 32.2 Å². The molecule has 16 heavy (non-hydrogen) atoms. The molecule has 0 aromatic heterocycles. The summed E-state index contributed by atoms with van der Waals surface area (Å²) in [5, 5.41) is 12.6. The third-order valence-electron chi connectivity index (χ3n) is 4.22. The number of likely N-dealkylation sites (tertiary alicyclic amines) is 1. The van der Waals surface area contributed by atoms with Crippen molar-refractivity contribution in [3.8, 4) is 0 Å². The first-order valence-corrected chi connectivity index (χ1v) is 6.36. The lowest BCUT2D eigenvalue weighted by Gasteiger charge is -2.33. The van der Waals surface area contributed by atoms with E-state index in [2.05, 4.69) is 12.2 Å². The van der Waals surface area contributed by atoms with Crippen LogP contribution >= 0.6 is 0 Å². The van der Waals surface area contributed by atoms with Gasteiger partial charge in [0, 0.05) is 13.1 Å². The number of aliphatic hydroxyl groups excluding tert-OH is 1. The maximum atomic E-state index is 12.5. The summed E-state index contributed by atoms with van der Waals surface area (Å²) < 4.78 is 0. The molecule has 0 aliphatic carbocycles. The van der Waals surface area contributed by atoms with Crippen molar-refractivity contribution < 1.29 is 9.90 Å². The van der Waals surface area contributed by atoms with E-state index in [0.29, 0.717) is 0 Å². The monoisotopic (exact) mass is 226 g/mol.